The average molecular weight is 306 g/mol. The number of rotatable bonds is 7. The number of hydrogen-bond acceptors (Lipinski definition) is 4. The van der Waals surface area contributed by atoms with Crippen LogP contribution in [0, 0.1) is 0 Å². The second kappa shape index (κ2) is 7.96. The normalized spacial score (nSPS) is 10.6. The van der Waals surface area contributed by atoms with Crippen LogP contribution in [0.25, 0.3) is 0 Å². The fourth-order valence-electron chi connectivity index (χ4n) is 1.92. The highest BCUT2D eigenvalue weighted by molar-refractivity contribution is 6.31. The molecule has 1 aromatic carbocycles. The summed E-state index contributed by atoms with van der Waals surface area (Å²) in [5, 5.41) is 4.05. The van der Waals surface area contributed by atoms with Gasteiger partial charge >= 0.3 is 0 Å². The number of aromatic nitrogens is 2. The van der Waals surface area contributed by atoms with Crippen molar-refractivity contribution in [3.63, 3.8) is 0 Å². The summed E-state index contributed by atoms with van der Waals surface area (Å²) < 4.78 is 5.76. The van der Waals surface area contributed by atoms with Gasteiger partial charge in [-0.2, -0.15) is 0 Å². The first-order chi connectivity index (χ1) is 10.2. The van der Waals surface area contributed by atoms with E-state index in [0.29, 0.717) is 12.4 Å². The Morgan fingerprint density at radius 1 is 1.24 bits per heavy atom. The molecule has 112 valence electrons. The van der Waals surface area contributed by atoms with Crippen molar-refractivity contribution in [1.29, 1.82) is 0 Å². The van der Waals surface area contributed by atoms with Crippen LogP contribution in [-0.2, 0) is 13.0 Å². The SMILES string of the molecule is CCCNCc1cncc(Oc2ccc(Cl)c(CC)c2)n1. The fourth-order valence-corrected chi connectivity index (χ4v) is 2.17. The Hall–Kier alpha value is -1.65. The van der Waals surface area contributed by atoms with Gasteiger partial charge in [-0.1, -0.05) is 25.4 Å². The molecule has 0 aliphatic rings. The van der Waals surface area contributed by atoms with Crippen LogP contribution in [0.15, 0.2) is 30.6 Å². The smallest absolute Gasteiger partial charge is 0.238 e. The van der Waals surface area contributed by atoms with Crippen LogP contribution in [0.1, 0.15) is 31.5 Å². The van der Waals surface area contributed by atoms with Crippen LogP contribution in [-0.4, -0.2) is 16.5 Å². The van der Waals surface area contributed by atoms with Gasteiger partial charge in [0.2, 0.25) is 5.88 Å². The highest BCUT2D eigenvalue weighted by Gasteiger charge is 2.05. The highest BCUT2D eigenvalue weighted by atomic mass is 35.5. The first kappa shape index (κ1) is 15.7. The molecule has 0 saturated heterocycles. The van der Waals surface area contributed by atoms with Gasteiger partial charge in [0, 0.05) is 17.8 Å². The van der Waals surface area contributed by atoms with Crippen molar-refractivity contribution < 1.29 is 4.74 Å². The molecule has 1 N–H and O–H groups in total. The lowest BCUT2D eigenvalue weighted by molar-refractivity contribution is 0.455. The number of hydrogen-bond donors (Lipinski definition) is 1. The minimum atomic E-state index is 0.496. The maximum absolute atomic E-state index is 6.10. The Morgan fingerprint density at radius 3 is 2.86 bits per heavy atom. The number of halogens is 1. The average Bonchev–Trinajstić information content (AvgIpc) is 2.50. The molecule has 0 radical (unpaired) electrons. The molecule has 0 aliphatic carbocycles. The highest BCUT2D eigenvalue weighted by Crippen LogP contribution is 2.25. The summed E-state index contributed by atoms with van der Waals surface area (Å²) in [4.78, 5) is 8.60. The van der Waals surface area contributed by atoms with Crippen LogP contribution in [0.3, 0.4) is 0 Å². The summed E-state index contributed by atoms with van der Waals surface area (Å²) in [5.74, 6) is 1.22. The Bertz CT molecular complexity index is 589. The number of ether oxygens (including phenoxy) is 1. The maximum atomic E-state index is 6.10. The third-order valence-electron chi connectivity index (χ3n) is 3.02. The molecule has 5 heteroatoms. The van der Waals surface area contributed by atoms with Crippen LogP contribution in [0.5, 0.6) is 11.6 Å². The fraction of sp³-hybridized carbons (Fsp3) is 0.375. The third kappa shape index (κ3) is 4.69. The maximum Gasteiger partial charge on any atom is 0.238 e. The van der Waals surface area contributed by atoms with Crippen molar-refractivity contribution in [3.05, 3.63) is 46.9 Å². The summed E-state index contributed by atoms with van der Waals surface area (Å²) in [7, 11) is 0. The predicted octanol–water partition coefficient (Wildman–Crippen LogP) is 3.98. The van der Waals surface area contributed by atoms with Crippen LogP contribution >= 0.6 is 11.6 Å². The molecule has 0 spiro atoms. The van der Waals surface area contributed by atoms with E-state index in [0.717, 1.165) is 41.4 Å². The van der Waals surface area contributed by atoms with E-state index in [9.17, 15) is 0 Å². The largest absolute Gasteiger partial charge is 0.437 e. The predicted molar refractivity (Wildman–Crippen MR) is 84.9 cm³/mol. The summed E-state index contributed by atoms with van der Waals surface area (Å²) in [6.07, 6.45) is 5.31. The second-order valence-corrected chi connectivity index (χ2v) is 5.14. The molecule has 2 aromatic rings. The van der Waals surface area contributed by atoms with E-state index < -0.39 is 0 Å². The minimum Gasteiger partial charge on any atom is -0.437 e. The molecule has 0 bridgehead atoms. The van der Waals surface area contributed by atoms with Crippen molar-refractivity contribution in [3.8, 4) is 11.6 Å². The van der Waals surface area contributed by atoms with Crippen molar-refractivity contribution in [2.45, 2.75) is 33.2 Å². The standard InChI is InChI=1S/C16H20ClN3O/c1-3-7-18-9-13-10-19-11-16(20-13)21-14-5-6-15(17)12(4-2)8-14/h5-6,8,10-11,18H,3-4,7,9H2,1-2H3. The zero-order valence-corrected chi connectivity index (χ0v) is 13.2. The van der Waals surface area contributed by atoms with E-state index in [1.165, 1.54) is 0 Å². The van der Waals surface area contributed by atoms with Gasteiger partial charge in [-0.3, -0.25) is 4.98 Å². The summed E-state index contributed by atoms with van der Waals surface area (Å²) in [5.41, 5.74) is 1.92. The molecule has 4 nitrogen and oxygen atoms in total. The molecular weight excluding hydrogens is 286 g/mol. The molecule has 2 rings (SSSR count). The van der Waals surface area contributed by atoms with Gasteiger partial charge in [0.15, 0.2) is 0 Å². The van der Waals surface area contributed by atoms with Crippen LogP contribution < -0.4 is 10.1 Å². The quantitative estimate of drug-likeness (QED) is 0.786. The van der Waals surface area contributed by atoms with Gasteiger partial charge < -0.3 is 10.1 Å². The first-order valence-electron chi connectivity index (χ1n) is 7.20. The Balaban J connectivity index is 2.07. The van der Waals surface area contributed by atoms with Crippen LogP contribution in [0.4, 0.5) is 0 Å². The lowest BCUT2D eigenvalue weighted by Gasteiger charge is -2.08. The molecule has 0 atom stereocenters. The molecule has 0 saturated carbocycles. The monoisotopic (exact) mass is 305 g/mol. The van der Waals surface area contributed by atoms with E-state index in [2.05, 4.69) is 29.1 Å². The van der Waals surface area contributed by atoms with Crippen molar-refractivity contribution in [2.24, 2.45) is 0 Å². The Morgan fingerprint density at radius 2 is 2.10 bits per heavy atom. The lowest BCUT2D eigenvalue weighted by atomic mass is 10.1. The molecule has 0 unspecified atom stereocenters. The van der Waals surface area contributed by atoms with Gasteiger partial charge in [-0.05, 0) is 43.1 Å². The van der Waals surface area contributed by atoms with Gasteiger partial charge in [0.1, 0.15) is 5.75 Å². The summed E-state index contributed by atoms with van der Waals surface area (Å²) >= 11 is 6.10. The Labute approximate surface area is 130 Å². The van der Waals surface area contributed by atoms with Crippen molar-refractivity contribution in [1.82, 2.24) is 15.3 Å². The van der Waals surface area contributed by atoms with Gasteiger partial charge in [-0.15, -0.1) is 0 Å². The molecule has 0 fully saturated rings. The molecule has 21 heavy (non-hydrogen) atoms. The zero-order chi connectivity index (χ0) is 15.1. The summed E-state index contributed by atoms with van der Waals surface area (Å²) in [6.45, 7) is 5.84. The molecule has 1 aromatic heterocycles. The van der Waals surface area contributed by atoms with Gasteiger partial charge in [-0.25, -0.2) is 4.98 Å². The lowest BCUT2D eigenvalue weighted by Crippen LogP contribution is -2.15. The molecule has 0 aliphatic heterocycles. The minimum absolute atomic E-state index is 0.496. The molecular formula is C16H20ClN3O. The Kier molecular flexibility index (Phi) is 5.96. The second-order valence-electron chi connectivity index (χ2n) is 4.73. The van der Waals surface area contributed by atoms with E-state index >= 15 is 0 Å². The topological polar surface area (TPSA) is 47.0 Å². The van der Waals surface area contributed by atoms with Gasteiger partial charge in [0.25, 0.3) is 0 Å². The first-order valence-corrected chi connectivity index (χ1v) is 7.58. The molecule has 0 amide bonds. The number of benzene rings is 1. The summed E-state index contributed by atoms with van der Waals surface area (Å²) in [6, 6.07) is 5.62. The van der Waals surface area contributed by atoms with Crippen LogP contribution in [0.2, 0.25) is 5.02 Å². The van der Waals surface area contributed by atoms with E-state index in [1.54, 1.807) is 12.4 Å². The van der Waals surface area contributed by atoms with E-state index in [4.69, 9.17) is 16.3 Å². The van der Waals surface area contributed by atoms with Crippen molar-refractivity contribution >= 4 is 11.6 Å². The number of nitrogens with one attached hydrogen (secondary N) is 1. The number of aryl methyl sites for hydroxylation is 1. The van der Waals surface area contributed by atoms with Gasteiger partial charge in [0.05, 0.1) is 11.9 Å². The van der Waals surface area contributed by atoms with E-state index in [1.807, 2.05) is 18.2 Å². The third-order valence-corrected chi connectivity index (χ3v) is 3.38. The van der Waals surface area contributed by atoms with Crippen molar-refractivity contribution in [2.75, 3.05) is 6.54 Å². The zero-order valence-electron chi connectivity index (χ0n) is 12.4. The number of nitrogens with zero attached hydrogens (tertiary/aromatic N) is 2. The molecule has 1 heterocycles. The van der Waals surface area contributed by atoms with E-state index in [-0.39, 0.29) is 0 Å².